The molecule has 1 heterocycles. The van der Waals surface area contributed by atoms with Crippen molar-refractivity contribution < 1.29 is 0 Å². The number of rotatable bonds is 1. The van der Waals surface area contributed by atoms with E-state index in [1.807, 2.05) is 30.3 Å². The van der Waals surface area contributed by atoms with Crippen LogP contribution in [0.25, 0.3) is 0 Å². The molecular formula is C10H12N2S. The van der Waals surface area contributed by atoms with Gasteiger partial charge >= 0.3 is 0 Å². The molecule has 0 aromatic heterocycles. The molecule has 1 aromatic carbocycles. The Kier molecular flexibility index (Phi) is 2.54. The summed E-state index contributed by atoms with van der Waals surface area (Å²) >= 11 is 1.80. The molecule has 1 atom stereocenters. The highest BCUT2D eigenvalue weighted by atomic mass is 32.2. The summed E-state index contributed by atoms with van der Waals surface area (Å²) in [6.07, 6.45) is 0. The molecule has 0 aliphatic carbocycles. The maximum Gasteiger partial charge on any atom is 0.161 e. The lowest BCUT2D eigenvalue weighted by atomic mass is 10.3. The van der Waals surface area contributed by atoms with Gasteiger partial charge in [-0.3, -0.25) is 4.99 Å². The second-order valence-corrected chi connectivity index (χ2v) is 4.49. The summed E-state index contributed by atoms with van der Waals surface area (Å²) in [5.74, 6) is 0. The van der Waals surface area contributed by atoms with Crippen molar-refractivity contribution in [2.24, 2.45) is 4.99 Å². The molecule has 0 saturated carbocycles. The lowest BCUT2D eigenvalue weighted by molar-refractivity contribution is 0.976. The summed E-state index contributed by atoms with van der Waals surface area (Å²) in [6, 6.07) is 10.1. The maximum absolute atomic E-state index is 4.38. The van der Waals surface area contributed by atoms with Crippen molar-refractivity contribution in [3.05, 3.63) is 30.3 Å². The Balaban J connectivity index is 2.00. The Morgan fingerprint density at radius 1 is 1.38 bits per heavy atom. The number of nitrogens with one attached hydrogen (secondary N) is 1. The van der Waals surface area contributed by atoms with E-state index in [0.29, 0.717) is 5.25 Å². The van der Waals surface area contributed by atoms with Gasteiger partial charge in [-0.05, 0) is 12.1 Å². The van der Waals surface area contributed by atoms with Crippen LogP contribution in [0.5, 0.6) is 0 Å². The fourth-order valence-electron chi connectivity index (χ4n) is 1.19. The molecule has 0 bridgehead atoms. The van der Waals surface area contributed by atoms with E-state index in [1.165, 1.54) is 0 Å². The van der Waals surface area contributed by atoms with E-state index >= 15 is 0 Å². The molecule has 0 amide bonds. The van der Waals surface area contributed by atoms with E-state index in [9.17, 15) is 0 Å². The van der Waals surface area contributed by atoms with Gasteiger partial charge in [0.1, 0.15) is 0 Å². The number of benzene rings is 1. The van der Waals surface area contributed by atoms with Crippen LogP contribution < -0.4 is 5.32 Å². The smallest absolute Gasteiger partial charge is 0.161 e. The Morgan fingerprint density at radius 3 is 2.77 bits per heavy atom. The van der Waals surface area contributed by atoms with E-state index in [2.05, 4.69) is 17.2 Å². The zero-order valence-corrected chi connectivity index (χ0v) is 8.34. The largest absolute Gasteiger partial charge is 0.335 e. The van der Waals surface area contributed by atoms with E-state index in [1.54, 1.807) is 11.8 Å². The molecule has 2 rings (SSSR count). The van der Waals surface area contributed by atoms with Gasteiger partial charge in [-0.1, -0.05) is 36.9 Å². The molecule has 0 radical (unpaired) electrons. The normalized spacial score (nSPS) is 21.3. The van der Waals surface area contributed by atoms with Crippen LogP contribution >= 0.6 is 11.8 Å². The lowest BCUT2D eigenvalue weighted by Gasteiger charge is -2.04. The molecule has 68 valence electrons. The van der Waals surface area contributed by atoms with Gasteiger partial charge in [0.15, 0.2) is 5.17 Å². The SMILES string of the molecule is C[C@H]1CN=C(Nc2ccccc2)S1. The summed E-state index contributed by atoms with van der Waals surface area (Å²) in [6.45, 7) is 3.12. The Hall–Kier alpha value is -0.960. The third-order valence-electron chi connectivity index (χ3n) is 1.83. The molecule has 1 aromatic rings. The zero-order chi connectivity index (χ0) is 9.10. The van der Waals surface area contributed by atoms with Gasteiger partial charge in [-0.2, -0.15) is 0 Å². The Bertz CT molecular complexity index is 308. The summed E-state index contributed by atoms with van der Waals surface area (Å²) in [7, 11) is 0. The number of hydrogen-bond acceptors (Lipinski definition) is 3. The van der Waals surface area contributed by atoms with Gasteiger partial charge in [0, 0.05) is 10.9 Å². The highest BCUT2D eigenvalue weighted by molar-refractivity contribution is 8.15. The van der Waals surface area contributed by atoms with Gasteiger partial charge in [-0.25, -0.2) is 0 Å². The van der Waals surface area contributed by atoms with Crippen molar-refractivity contribution in [2.45, 2.75) is 12.2 Å². The molecule has 1 aliphatic heterocycles. The van der Waals surface area contributed by atoms with Gasteiger partial charge in [0.2, 0.25) is 0 Å². The second kappa shape index (κ2) is 3.83. The number of thioether (sulfide) groups is 1. The molecule has 13 heavy (non-hydrogen) atoms. The number of anilines is 1. The fraction of sp³-hybridized carbons (Fsp3) is 0.300. The third kappa shape index (κ3) is 2.25. The first kappa shape index (κ1) is 8.63. The molecule has 3 heteroatoms. The molecule has 0 unspecified atom stereocenters. The van der Waals surface area contributed by atoms with Crippen molar-refractivity contribution in [3.63, 3.8) is 0 Å². The van der Waals surface area contributed by atoms with Gasteiger partial charge in [0.25, 0.3) is 0 Å². The van der Waals surface area contributed by atoms with Crippen LogP contribution in [0, 0.1) is 0 Å². The minimum absolute atomic E-state index is 0.617. The van der Waals surface area contributed by atoms with E-state index < -0.39 is 0 Å². The van der Waals surface area contributed by atoms with Crippen LogP contribution in [0.1, 0.15) is 6.92 Å². The number of hydrogen-bond donors (Lipinski definition) is 1. The van der Waals surface area contributed by atoms with Gasteiger partial charge in [-0.15, -0.1) is 0 Å². The number of aliphatic imine (C=N–C) groups is 1. The van der Waals surface area contributed by atoms with Crippen molar-refractivity contribution >= 4 is 22.6 Å². The van der Waals surface area contributed by atoms with E-state index in [-0.39, 0.29) is 0 Å². The lowest BCUT2D eigenvalue weighted by Crippen LogP contribution is -2.05. The topological polar surface area (TPSA) is 24.4 Å². The van der Waals surface area contributed by atoms with Crippen molar-refractivity contribution in [3.8, 4) is 0 Å². The molecule has 1 aliphatic rings. The highest BCUT2D eigenvalue weighted by Crippen LogP contribution is 2.21. The van der Waals surface area contributed by atoms with Crippen LogP contribution in [-0.2, 0) is 0 Å². The predicted molar refractivity (Wildman–Crippen MR) is 59.4 cm³/mol. The number of amidine groups is 1. The summed E-state index contributed by atoms with van der Waals surface area (Å²) < 4.78 is 0. The molecule has 0 fully saturated rings. The first-order valence-corrected chi connectivity index (χ1v) is 5.26. The summed E-state index contributed by atoms with van der Waals surface area (Å²) in [5, 5.41) is 4.94. The van der Waals surface area contributed by atoms with Crippen LogP contribution in [0.15, 0.2) is 35.3 Å². The second-order valence-electron chi connectivity index (χ2n) is 3.07. The van der Waals surface area contributed by atoms with Gasteiger partial charge in [0.05, 0.1) is 6.54 Å². The van der Waals surface area contributed by atoms with Crippen LogP contribution in [-0.4, -0.2) is 17.0 Å². The Morgan fingerprint density at radius 2 is 2.15 bits per heavy atom. The summed E-state index contributed by atoms with van der Waals surface area (Å²) in [5.41, 5.74) is 1.11. The van der Waals surface area contributed by atoms with Crippen molar-refractivity contribution in [2.75, 3.05) is 11.9 Å². The third-order valence-corrected chi connectivity index (χ3v) is 2.84. The number of nitrogens with zero attached hydrogens (tertiary/aromatic N) is 1. The average molecular weight is 192 g/mol. The first-order valence-electron chi connectivity index (χ1n) is 4.38. The molecule has 0 spiro atoms. The standard InChI is InChI=1S/C10H12N2S/c1-8-7-11-10(13-8)12-9-5-3-2-4-6-9/h2-6,8H,7H2,1H3,(H,11,12)/t8-/m0/s1. The van der Waals surface area contributed by atoms with Crippen molar-refractivity contribution in [1.82, 2.24) is 0 Å². The quantitative estimate of drug-likeness (QED) is 0.739. The predicted octanol–water partition coefficient (Wildman–Crippen LogP) is 2.59. The van der Waals surface area contributed by atoms with Crippen LogP contribution in [0.2, 0.25) is 0 Å². The highest BCUT2D eigenvalue weighted by Gasteiger charge is 2.14. The van der Waals surface area contributed by atoms with Crippen LogP contribution in [0.3, 0.4) is 0 Å². The van der Waals surface area contributed by atoms with E-state index in [4.69, 9.17) is 0 Å². The molecule has 1 N–H and O–H groups in total. The monoisotopic (exact) mass is 192 g/mol. The number of para-hydroxylation sites is 1. The van der Waals surface area contributed by atoms with Crippen LogP contribution in [0.4, 0.5) is 5.69 Å². The fourth-order valence-corrected chi connectivity index (χ4v) is 2.05. The maximum atomic E-state index is 4.38. The molecule has 2 nitrogen and oxygen atoms in total. The Labute approximate surface area is 82.5 Å². The minimum atomic E-state index is 0.617. The molecule has 0 saturated heterocycles. The zero-order valence-electron chi connectivity index (χ0n) is 7.53. The van der Waals surface area contributed by atoms with Gasteiger partial charge < -0.3 is 5.32 Å². The van der Waals surface area contributed by atoms with Crippen molar-refractivity contribution in [1.29, 1.82) is 0 Å². The first-order chi connectivity index (χ1) is 6.34. The van der Waals surface area contributed by atoms with E-state index in [0.717, 1.165) is 17.4 Å². The molecular weight excluding hydrogens is 180 g/mol. The summed E-state index contributed by atoms with van der Waals surface area (Å²) in [4.78, 5) is 4.38. The average Bonchev–Trinajstić information content (AvgIpc) is 2.53. The minimum Gasteiger partial charge on any atom is -0.335 e.